The summed E-state index contributed by atoms with van der Waals surface area (Å²) in [5.74, 6) is 0.724. The second-order valence-corrected chi connectivity index (χ2v) is 6.11. The summed E-state index contributed by atoms with van der Waals surface area (Å²) in [6.07, 6.45) is 4.98. The molecule has 0 fully saturated rings. The fraction of sp³-hybridized carbons (Fsp3) is 0.400. The van der Waals surface area contributed by atoms with E-state index in [2.05, 4.69) is 58.7 Å². The van der Waals surface area contributed by atoms with Gasteiger partial charge in [0.15, 0.2) is 5.96 Å². The van der Waals surface area contributed by atoms with Crippen molar-refractivity contribution in [2.45, 2.75) is 39.3 Å². The van der Waals surface area contributed by atoms with Crippen molar-refractivity contribution in [3.05, 3.63) is 65.5 Å². The van der Waals surface area contributed by atoms with Gasteiger partial charge in [-0.15, -0.1) is 0 Å². The van der Waals surface area contributed by atoms with Gasteiger partial charge in [-0.2, -0.15) is 0 Å². The number of aromatic nitrogens is 1. The molecule has 0 spiro atoms. The number of pyridine rings is 1. The van der Waals surface area contributed by atoms with Crippen molar-refractivity contribution in [2.24, 2.45) is 4.99 Å². The highest BCUT2D eigenvalue weighted by Crippen LogP contribution is 2.09. The Bertz CT molecular complexity index is 641. The Morgan fingerprint density at radius 1 is 1.12 bits per heavy atom. The number of aliphatic hydroxyl groups excluding tert-OH is 1. The molecular formula is C20H28N4O. The second-order valence-electron chi connectivity index (χ2n) is 6.11. The lowest BCUT2D eigenvalue weighted by Crippen LogP contribution is -2.40. The third-order valence-electron chi connectivity index (χ3n) is 3.92. The molecule has 3 N–H and O–H groups in total. The van der Waals surface area contributed by atoms with Crippen LogP contribution in [0.25, 0.3) is 0 Å². The molecule has 0 radical (unpaired) electrons. The van der Waals surface area contributed by atoms with Crippen LogP contribution < -0.4 is 10.6 Å². The van der Waals surface area contributed by atoms with E-state index in [4.69, 9.17) is 0 Å². The van der Waals surface area contributed by atoms with Gasteiger partial charge in [-0.1, -0.05) is 43.2 Å². The van der Waals surface area contributed by atoms with E-state index in [-0.39, 0.29) is 0 Å². The largest absolute Gasteiger partial charge is 0.387 e. The Morgan fingerprint density at radius 2 is 1.84 bits per heavy atom. The molecule has 1 aromatic heterocycles. The smallest absolute Gasteiger partial charge is 0.191 e. The standard InChI is InChI=1S/C20H28N4O/c1-3-4-11-22-20(23-14-17-7-5-16(2)6-8-17)24-15-19(25)18-9-12-21-13-10-18/h5-10,12-13,19,25H,3-4,11,14-15H2,1-2H3,(H2,22,23,24). The molecule has 1 aromatic carbocycles. The van der Waals surface area contributed by atoms with Crippen molar-refractivity contribution in [2.75, 3.05) is 13.1 Å². The third kappa shape index (κ3) is 6.93. The van der Waals surface area contributed by atoms with Gasteiger partial charge < -0.3 is 15.7 Å². The van der Waals surface area contributed by atoms with Crippen molar-refractivity contribution in [1.29, 1.82) is 0 Å². The molecule has 134 valence electrons. The van der Waals surface area contributed by atoms with Crippen molar-refractivity contribution >= 4 is 5.96 Å². The molecule has 0 saturated carbocycles. The molecule has 0 bridgehead atoms. The zero-order chi connectivity index (χ0) is 17.9. The summed E-state index contributed by atoms with van der Waals surface area (Å²) in [6, 6.07) is 12.0. The van der Waals surface area contributed by atoms with Crippen LogP contribution in [0.4, 0.5) is 0 Å². The maximum Gasteiger partial charge on any atom is 0.191 e. The number of rotatable bonds is 8. The van der Waals surface area contributed by atoms with E-state index in [1.165, 1.54) is 5.56 Å². The van der Waals surface area contributed by atoms with Crippen LogP contribution in [-0.2, 0) is 6.54 Å². The number of aliphatic imine (C=N–C) groups is 1. The molecule has 1 heterocycles. The lowest BCUT2D eigenvalue weighted by molar-refractivity contribution is 0.180. The molecule has 0 amide bonds. The van der Waals surface area contributed by atoms with Gasteiger partial charge in [0.1, 0.15) is 0 Å². The van der Waals surface area contributed by atoms with E-state index in [0.717, 1.165) is 36.5 Å². The van der Waals surface area contributed by atoms with Gasteiger partial charge in [-0.3, -0.25) is 4.98 Å². The minimum absolute atomic E-state index is 0.399. The molecule has 1 atom stereocenters. The fourth-order valence-electron chi connectivity index (χ4n) is 2.32. The number of guanidine groups is 1. The normalized spacial score (nSPS) is 12.7. The maximum atomic E-state index is 10.3. The van der Waals surface area contributed by atoms with Crippen molar-refractivity contribution in [3.63, 3.8) is 0 Å². The maximum absolute atomic E-state index is 10.3. The molecule has 2 aromatic rings. The number of hydrogen-bond donors (Lipinski definition) is 3. The Balaban J connectivity index is 1.94. The van der Waals surface area contributed by atoms with Crippen LogP contribution in [0.1, 0.15) is 42.6 Å². The van der Waals surface area contributed by atoms with Crippen molar-refractivity contribution in [1.82, 2.24) is 15.6 Å². The minimum Gasteiger partial charge on any atom is -0.387 e. The topological polar surface area (TPSA) is 69.5 Å². The van der Waals surface area contributed by atoms with Crippen LogP contribution in [-0.4, -0.2) is 29.1 Å². The van der Waals surface area contributed by atoms with E-state index in [1.54, 1.807) is 12.4 Å². The first kappa shape index (κ1) is 18.9. The van der Waals surface area contributed by atoms with Crippen LogP contribution in [0.3, 0.4) is 0 Å². The lowest BCUT2D eigenvalue weighted by atomic mass is 10.1. The van der Waals surface area contributed by atoms with Gasteiger partial charge >= 0.3 is 0 Å². The Labute approximate surface area is 150 Å². The molecule has 2 rings (SSSR count). The van der Waals surface area contributed by atoms with Crippen LogP contribution in [0.15, 0.2) is 53.8 Å². The Kier molecular flexibility index (Phi) is 7.92. The number of benzene rings is 1. The van der Waals surface area contributed by atoms with E-state index >= 15 is 0 Å². The van der Waals surface area contributed by atoms with Gasteiger partial charge in [-0.05, 0) is 36.6 Å². The first-order chi connectivity index (χ1) is 12.2. The van der Waals surface area contributed by atoms with Crippen LogP contribution >= 0.6 is 0 Å². The van der Waals surface area contributed by atoms with E-state index < -0.39 is 6.10 Å². The summed E-state index contributed by atoms with van der Waals surface area (Å²) in [4.78, 5) is 8.61. The summed E-state index contributed by atoms with van der Waals surface area (Å²) >= 11 is 0. The number of hydrogen-bond acceptors (Lipinski definition) is 3. The lowest BCUT2D eigenvalue weighted by Gasteiger charge is -2.16. The summed E-state index contributed by atoms with van der Waals surface area (Å²) in [6.45, 7) is 6.10. The minimum atomic E-state index is -0.597. The first-order valence-corrected chi connectivity index (χ1v) is 8.84. The summed E-state index contributed by atoms with van der Waals surface area (Å²) < 4.78 is 0. The predicted octanol–water partition coefficient (Wildman–Crippen LogP) is 2.96. The molecule has 5 heteroatoms. The highest BCUT2D eigenvalue weighted by atomic mass is 16.3. The van der Waals surface area contributed by atoms with Crippen LogP contribution in [0.5, 0.6) is 0 Å². The number of nitrogens with zero attached hydrogens (tertiary/aromatic N) is 2. The van der Waals surface area contributed by atoms with E-state index in [9.17, 15) is 5.11 Å². The number of aliphatic hydroxyl groups is 1. The second kappa shape index (κ2) is 10.5. The highest BCUT2D eigenvalue weighted by Gasteiger charge is 2.08. The zero-order valence-corrected chi connectivity index (χ0v) is 15.1. The quantitative estimate of drug-likeness (QED) is 0.393. The van der Waals surface area contributed by atoms with Crippen LogP contribution in [0, 0.1) is 6.92 Å². The molecule has 25 heavy (non-hydrogen) atoms. The Hall–Kier alpha value is -2.40. The Morgan fingerprint density at radius 3 is 2.52 bits per heavy atom. The molecule has 5 nitrogen and oxygen atoms in total. The highest BCUT2D eigenvalue weighted by molar-refractivity contribution is 5.79. The fourth-order valence-corrected chi connectivity index (χ4v) is 2.32. The number of unbranched alkanes of at least 4 members (excludes halogenated alkanes) is 1. The van der Waals surface area contributed by atoms with Gasteiger partial charge in [0.05, 0.1) is 12.6 Å². The molecule has 0 aliphatic carbocycles. The molecule has 0 saturated heterocycles. The van der Waals surface area contributed by atoms with Gasteiger partial charge in [0.2, 0.25) is 0 Å². The van der Waals surface area contributed by atoms with Crippen molar-refractivity contribution < 1.29 is 5.11 Å². The zero-order valence-electron chi connectivity index (χ0n) is 15.1. The molecular weight excluding hydrogens is 312 g/mol. The van der Waals surface area contributed by atoms with Gasteiger partial charge in [0.25, 0.3) is 0 Å². The monoisotopic (exact) mass is 340 g/mol. The van der Waals surface area contributed by atoms with Gasteiger partial charge in [0, 0.05) is 25.5 Å². The third-order valence-corrected chi connectivity index (χ3v) is 3.92. The summed E-state index contributed by atoms with van der Waals surface area (Å²) in [7, 11) is 0. The average molecular weight is 340 g/mol. The van der Waals surface area contributed by atoms with Gasteiger partial charge in [-0.25, -0.2) is 4.99 Å². The number of nitrogens with one attached hydrogen (secondary N) is 2. The van der Waals surface area contributed by atoms with E-state index in [1.807, 2.05) is 12.1 Å². The summed E-state index contributed by atoms with van der Waals surface area (Å²) in [5, 5.41) is 16.8. The van der Waals surface area contributed by atoms with E-state index in [0.29, 0.717) is 13.1 Å². The summed E-state index contributed by atoms with van der Waals surface area (Å²) in [5.41, 5.74) is 3.25. The van der Waals surface area contributed by atoms with Crippen LogP contribution in [0.2, 0.25) is 0 Å². The SMILES string of the molecule is CCCCNC(=NCc1ccc(C)cc1)NCC(O)c1ccncc1. The number of aryl methyl sites for hydroxylation is 1. The molecule has 0 aliphatic heterocycles. The average Bonchev–Trinajstić information content (AvgIpc) is 2.65. The molecule has 0 aliphatic rings. The molecule has 1 unspecified atom stereocenters. The first-order valence-electron chi connectivity index (χ1n) is 8.84. The van der Waals surface area contributed by atoms with Crippen molar-refractivity contribution in [3.8, 4) is 0 Å². The predicted molar refractivity (Wildman–Crippen MR) is 102 cm³/mol.